The molecule has 5 rings (SSSR count). The van der Waals surface area contributed by atoms with Gasteiger partial charge in [0, 0.05) is 48.4 Å². The van der Waals surface area contributed by atoms with Crippen molar-refractivity contribution in [3.63, 3.8) is 0 Å². The Morgan fingerprint density at radius 1 is 1.18 bits per heavy atom. The van der Waals surface area contributed by atoms with Gasteiger partial charge in [-0.1, -0.05) is 18.2 Å². The van der Waals surface area contributed by atoms with E-state index in [0.717, 1.165) is 53.8 Å². The maximum Gasteiger partial charge on any atom is 0.240 e. The molecule has 40 heavy (non-hydrogen) atoms. The predicted octanol–water partition coefficient (Wildman–Crippen LogP) is 4.51. The van der Waals surface area contributed by atoms with Crippen molar-refractivity contribution in [2.75, 3.05) is 29.9 Å². The van der Waals surface area contributed by atoms with E-state index in [1.54, 1.807) is 24.4 Å². The molecule has 0 spiro atoms. The number of pyridine rings is 2. The first-order valence-corrected chi connectivity index (χ1v) is 14.8. The van der Waals surface area contributed by atoms with E-state index >= 15 is 0 Å². The topological polar surface area (TPSA) is 145 Å². The lowest BCUT2D eigenvalue weighted by Crippen LogP contribution is -2.35. The van der Waals surface area contributed by atoms with Crippen molar-refractivity contribution in [3.8, 4) is 17.2 Å². The van der Waals surface area contributed by atoms with Gasteiger partial charge in [-0.05, 0) is 80.1 Å². The molecule has 0 aliphatic carbocycles. The van der Waals surface area contributed by atoms with Crippen LogP contribution in [0.3, 0.4) is 0 Å². The van der Waals surface area contributed by atoms with Crippen LogP contribution >= 0.6 is 0 Å². The third-order valence-electron chi connectivity index (χ3n) is 7.50. The summed E-state index contributed by atoms with van der Waals surface area (Å²) in [5.74, 6) is 1.22. The molecule has 0 bridgehead atoms. The first-order valence-electron chi connectivity index (χ1n) is 13.2. The summed E-state index contributed by atoms with van der Waals surface area (Å²) in [4.78, 5) is 11.6. The number of piperidine rings is 1. The first-order chi connectivity index (χ1) is 19.2. The zero-order chi connectivity index (χ0) is 28.4. The Bertz CT molecular complexity index is 1690. The van der Waals surface area contributed by atoms with Crippen LogP contribution in [0.1, 0.15) is 42.6 Å². The Balaban J connectivity index is 1.52. The number of sulfonamides is 1. The van der Waals surface area contributed by atoms with Crippen molar-refractivity contribution in [2.45, 2.75) is 37.6 Å². The second kappa shape index (κ2) is 11.2. The molecule has 2 aromatic heterocycles. The fourth-order valence-corrected chi connectivity index (χ4v) is 6.04. The van der Waals surface area contributed by atoms with Crippen molar-refractivity contribution < 1.29 is 13.5 Å². The fourth-order valence-electron chi connectivity index (χ4n) is 5.33. The number of benzene rings is 2. The molecular weight excluding hydrogens is 524 g/mol. The number of hydrogen-bond donors (Lipinski definition) is 3. The van der Waals surface area contributed by atoms with E-state index in [1.165, 1.54) is 6.07 Å². The molecule has 1 aliphatic rings. The van der Waals surface area contributed by atoms with Crippen LogP contribution in [-0.4, -0.2) is 43.2 Å². The lowest BCUT2D eigenvalue weighted by Gasteiger charge is -2.32. The van der Waals surface area contributed by atoms with Crippen LogP contribution in [-0.2, 0) is 10.0 Å². The molecular formula is C30H32N6O3S. The quantitative estimate of drug-likeness (QED) is 0.302. The lowest BCUT2D eigenvalue weighted by atomic mass is 9.95. The number of nitrogens with two attached hydrogens (primary N) is 1. The number of hydrogen-bond acceptors (Lipinski definition) is 8. The molecule has 4 aromatic rings. The number of aliphatic hydroxyl groups excluding tert-OH is 1. The van der Waals surface area contributed by atoms with E-state index in [1.807, 2.05) is 44.2 Å². The number of aliphatic hydroxyl groups is 1. The van der Waals surface area contributed by atoms with Gasteiger partial charge in [-0.2, -0.15) is 5.26 Å². The van der Waals surface area contributed by atoms with Gasteiger partial charge in [-0.3, -0.25) is 0 Å². The van der Waals surface area contributed by atoms with Crippen LogP contribution in [0.15, 0.2) is 65.7 Å². The normalized spacial score (nSPS) is 15.1. The van der Waals surface area contributed by atoms with E-state index in [0.29, 0.717) is 28.4 Å². The Morgan fingerprint density at radius 2 is 1.93 bits per heavy atom. The van der Waals surface area contributed by atoms with Gasteiger partial charge < -0.3 is 15.3 Å². The molecule has 1 atom stereocenters. The van der Waals surface area contributed by atoms with Crippen LogP contribution < -0.4 is 15.4 Å². The van der Waals surface area contributed by atoms with E-state index in [4.69, 9.17) is 15.1 Å². The maximum absolute atomic E-state index is 12.1. The highest BCUT2D eigenvalue weighted by Gasteiger charge is 2.21. The second-order valence-electron chi connectivity index (χ2n) is 10.3. The van der Waals surface area contributed by atoms with Crippen LogP contribution in [0, 0.1) is 24.2 Å². The molecule has 1 saturated heterocycles. The number of aromatic nitrogens is 2. The number of nitrogens with one attached hydrogen (secondary N) is 1. The minimum absolute atomic E-state index is 0.0242. The number of para-hydroxylation sites is 1. The Hall–Kier alpha value is -4.04. The largest absolute Gasteiger partial charge is 0.396 e. The third-order valence-corrected chi connectivity index (χ3v) is 8.47. The van der Waals surface area contributed by atoms with Crippen molar-refractivity contribution in [1.29, 1.82) is 5.26 Å². The highest BCUT2D eigenvalue weighted by Crippen LogP contribution is 2.34. The lowest BCUT2D eigenvalue weighted by molar-refractivity contribution is 0.203. The summed E-state index contributed by atoms with van der Waals surface area (Å²) < 4.78 is 24.3. The summed E-state index contributed by atoms with van der Waals surface area (Å²) in [6, 6.07) is 18.3. The number of rotatable bonds is 7. The molecule has 1 fully saturated rings. The molecule has 0 unspecified atom stereocenters. The van der Waals surface area contributed by atoms with Crippen molar-refractivity contribution in [3.05, 3.63) is 77.6 Å². The van der Waals surface area contributed by atoms with Gasteiger partial charge in [0.25, 0.3) is 0 Å². The number of primary sulfonamides is 1. The van der Waals surface area contributed by atoms with Gasteiger partial charge in [-0.15, -0.1) is 0 Å². The zero-order valence-corrected chi connectivity index (χ0v) is 23.3. The van der Waals surface area contributed by atoms with Crippen LogP contribution in [0.2, 0.25) is 0 Å². The van der Waals surface area contributed by atoms with Crippen molar-refractivity contribution in [1.82, 2.24) is 9.97 Å². The number of fused-ring (bicyclic) bond motifs is 1. The number of nitriles is 1. The van der Waals surface area contributed by atoms with Gasteiger partial charge in [0.05, 0.1) is 11.2 Å². The summed E-state index contributed by atoms with van der Waals surface area (Å²) >= 11 is 0. The Labute approximate surface area is 234 Å². The van der Waals surface area contributed by atoms with Gasteiger partial charge in [0.15, 0.2) is 0 Å². The average molecular weight is 557 g/mol. The fraction of sp³-hybridized carbons (Fsp3) is 0.300. The van der Waals surface area contributed by atoms with E-state index in [9.17, 15) is 18.8 Å². The molecule has 3 heterocycles. The third kappa shape index (κ3) is 5.63. The summed E-state index contributed by atoms with van der Waals surface area (Å²) in [6.45, 7) is 5.83. The van der Waals surface area contributed by atoms with Crippen molar-refractivity contribution >= 4 is 32.4 Å². The average Bonchev–Trinajstić information content (AvgIpc) is 2.96. The summed E-state index contributed by atoms with van der Waals surface area (Å²) in [5, 5.41) is 29.0. The highest BCUT2D eigenvalue weighted by atomic mass is 32.2. The molecule has 1 aliphatic heterocycles. The smallest absolute Gasteiger partial charge is 0.240 e. The van der Waals surface area contributed by atoms with Crippen LogP contribution in [0.25, 0.3) is 22.0 Å². The number of anilines is 2. The molecule has 0 radical (unpaired) electrons. The van der Waals surface area contributed by atoms with Crippen molar-refractivity contribution in [2.24, 2.45) is 11.1 Å². The van der Waals surface area contributed by atoms with Gasteiger partial charge in [-0.25, -0.2) is 23.5 Å². The monoisotopic (exact) mass is 556 g/mol. The molecule has 206 valence electrons. The number of nitrogens with zero attached hydrogens (tertiary/aromatic N) is 4. The van der Waals surface area contributed by atoms with Crippen LogP contribution in [0.4, 0.5) is 11.5 Å². The van der Waals surface area contributed by atoms with E-state index < -0.39 is 10.0 Å². The van der Waals surface area contributed by atoms with E-state index in [2.05, 4.69) is 16.3 Å². The minimum Gasteiger partial charge on any atom is -0.396 e. The van der Waals surface area contributed by atoms with Gasteiger partial charge in [0.1, 0.15) is 22.5 Å². The molecule has 4 N–H and O–H groups in total. The zero-order valence-electron chi connectivity index (χ0n) is 22.5. The molecule has 9 nitrogen and oxygen atoms in total. The Morgan fingerprint density at radius 3 is 2.58 bits per heavy atom. The maximum atomic E-state index is 12.1. The predicted molar refractivity (Wildman–Crippen MR) is 156 cm³/mol. The molecule has 10 heteroatoms. The second-order valence-corrected chi connectivity index (χ2v) is 11.9. The van der Waals surface area contributed by atoms with E-state index in [-0.39, 0.29) is 17.5 Å². The van der Waals surface area contributed by atoms with Gasteiger partial charge >= 0.3 is 0 Å². The molecule has 0 saturated carbocycles. The van der Waals surface area contributed by atoms with Gasteiger partial charge in [0.2, 0.25) is 10.0 Å². The first kappa shape index (κ1) is 27.5. The summed E-state index contributed by atoms with van der Waals surface area (Å²) in [6.07, 6.45) is 3.64. The summed E-state index contributed by atoms with van der Waals surface area (Å²) in [7, 11) is -3.91. The molecule has 0 amide bonds. The van der Waals surface area contributed by atoms with Crippen LogP contribution in [0.5, 0.6) is 0 Å². The minimum atomic E-state index is -3.91. The molecule has 2 aromatic carbocycles. The highest BCUT2D eigenvalue weighted by molar-refractivity contribution is 7.89. The standard InChI is InChI=1S/C30H32N6O3S/c1-19-13-23(20(2)34-26-5-3-4-6-29(26)40(32,38)39)25-15-24(28(16-31)35-27(25)14-19)22-7-8-30(33-17-22)36-11-9-21(18-37)10-12-36/h3-8,13-15,17,20-21,34,37H,9-12,18H2,1-2H3,(H2,32,38,39)/t20-/m1/s1. The number of aryl methyl sites for hydroxylation is 1. The SMILES string of the molecule is Cc1cc([C@@H](C)Nc2ccccc2S(N)(=O)=O)c2cc(-c3ccc(N4CCC(CO)CC4)nc3)c(C#N)nc2c1. The Kier molecular flexibility index (Phi) is 7.72. The summed E-state index contributed by atoms with van der Waals surface area (Å²) in [5.41, 5.74) is 4.74.